The number of carbonyl (C=O) groups excluding carboxylic acids is 1. The van der Waals surface area contributed by atoms with Crippen LogP contribution in [-0.4, -0.2) is 47.0 Å². The van der Waals surface area contributed by atoms with Gasteiger partial charge in [0, 0.05) is 31.7 Å². The second-order valence-corrected chi connectivity index (χ2v) is 5.87. The Kier molecular flexibility index (Phi) is 5.19. The zero-order chi connectivity index (χ0) is 13.8. The highest BCUT2D eigenvalue weighted by molar-refractivity contribution is 7.80. The highest BCUT2D eigenvalue weighted by atomic mass is 32.1. The summed E-state index contributed by atoms with van der Waals surface area (Å²) < 4.78 is 1.95. The molecule has 0 spiro atoms. The molecule has 2 rings (SSSR count). The largest absolute Gasteiger partial charge is 0.336 e. The van der Waals surface area contributed by atoms with Crippen LogP contribution < -0.4 is 0 Å². The van der Waals surface area contributed by atoms with Crippen molar-refractivity contribution in [3.05, 3.63) is 34.9 Å². The first-order valence-corrected chi connectivity index (χ1v) is 7.58. The lowest BCUT2D eigenvalue weighted by Crippen LogP contribution is -2.45. The van der Waals surface area contributed by atoms with Crippen molar-refractivity contribution < 1.29 is 4.79 Å². The molecule has 1 fully saturated rings. The summed E-state index contributed by atoms with van der Waals surface area (Å²) in [7, 11) is 0. The second kappa shape index (κ2) is 6.68. The van der Waals surface area contributed by atoms with Gasteiger partial charge in [-0.25, -0.2) is 4.31 Å². The highest BCUT2D eigenvalue weighted by Gasteiger charge is 2.20. The molecule has 1 aliphatic rings. The molecule has 0 aromatic heterocycles. The average molecular weight is 296 g/mol. The molecule has 1 amide bonds. The summed E-state index contributed by atoms with van der Waals surface area (Å²) in [5.41, 5.74) is 3.23. The monoisotopic (exact) mass is 296 g/mol. The maximum absolute atomic E-state index is 12.4. The minimum Gasteiger partial charge on any atom is -0.336 e. The number of hydrogen-bond donors (Lipinski definition) is 2. The van der Waals surface area contributed by atoms with E-state index >= 15 is 0 Å². The average Bonchev–Trinajstić information content (AvgIpc) is 2.41. The van der Waals surface area contributed by atoms with Crippen LogP contribution in [0.1, 0.15) is 21.5 Å². The molecule has 0 unspecified atom stereocenters. The van der Waals surface area contributed by atoms with Crippen molar-refractivity contribution in [3.8, 4) is 0 Å². The van der Waals surface area contributed by atoms with Gasteiger partial charge >= 0.3 is 0 Å². The first-order valence-electron chi connectivity index (χ1n) is 6.55. The lowest BCUT2D eigenvalue weighted by Gasteiger charge is -2.31. The number of carbonyl (C=O) groups is 1. The molecule has 1 aromatic rings. The summed E-state index contributed by atoms with van der Waals surface area (Å²) >= 11 is 8.55. The number of thiol groups is 2. The molecule has 0 saturated carbocycles. The molecule has 19 heavy (non-hydrogen) atoms. The van der Waals surface area contributed by atoms with Crippen LogP contribution in [0.3, 0.4) is 0 Å². The SMILES string of the molecule is Cc1cc(C(=O)N2CCN(S)CC2)ccc1CCS. The van der Waals surface area contributed by atoms with Gasteiger partial charge in [-0.15, -0.1) is 0 Å². The van der Waals surface area contributed by atoms with E-state index in [0.29, 0.717) is 0 Å². The van der Waals surface area contributed by atoms with Crippen molar-refractivity contribution >= 4 is 31.4 Å². The second-order valence-electron chi connectivity index (χ2n) is 4.86. The molecule has 5 heteroatoms. The van der Waals surface area contributed by atoms with Gasteiger partial charge in [-0.2, -0.15) is 12.6 Å². The fraction of sp³-hybridized carbons (Fsp3) is 0.500. The molecule has 0 bridgehead atoms. The Bertz CT molecular complexity index is 457. The first-order chi connectivity index (χ1) is 9.11. The van der Waals surface area contributed by atoms with Gasteiger partial charge in [0.25, 0.3) is 5.91 Å². The van der Waals surface area contributed by atoms with Crippen molar-refractivity contribution in [1.82, 2.24) is 9.21 Å². The molecule has 1 aromatic carbocycles. The van der Waals surface area contributed by atoms with Crippen LogP contribution in [0.15, 0.2) is 18.2 Å². The molecule has 0 aliphatic carbocycles. The minimum atomic E-state index is 0.127. The number of benzene rings is 1. The van der Waals surface area contributed by atoms with E-state index in [1.165, 1.54) is 11.1 Å². The van der Waals surface area contributed by atoms with Gasteiger partial charge < -0.3 is 4.90 Å². The molecule has 1 saturated heterocycles. The van der Waals surface area contributed by atoms with Crippen LogP contribution in [0, 0.1) is 6.92 Å². The standard InChI is InChI=1S/C14H20N2OS2/c1-11-10-13(3-2-12(11)4-9-18)14(17)15-5-7-16(19)8-6-15/h2-3,10,18-19H,4-9H2,1H3. The fourth-order valence-corrected chi connectivity index (χ4v) is 2.73. The Morgan fingerprint density at radius 1 is 1.26 bits per heavy atom. The van der Waals surface area contributed by atoms with Crippen molar-refractivity contribution in [1.29, 1.82) is 0 Å². The molecule has 1 aliphatic heterocycles. The Morgan fingerprint density at radius 3 is 2.53 bits per heavy atom. The van der Waals surface area contributed by atoms with Gasteiger partial charge in [0.1, 0.15) is 0 Å². The number of hydrogen-bond acceptors (Lipinski definition) is 4. The predicted octanol–water partition coefficient (Wildman–Crippen LogP) is 2.07. The number of nitrogens with zero attached hydrogens (tertiary/aromatic N) is 2. The summed E-state index contributed by atoms with van der Waals surface area (Å²) in [5.74, 6) is 0.958. The van der Waals surface area contributed by atoms with Crippen LogP contribution in [0.25, 0.3) is 0 Å². The molecule has 1 heterocycles. The lowest BCUT2D eigenvalue weighted by atomic mass is 10.0. The van der Waals surface area contributed by atoms with E-state index in [1.807, 2.05) is 27.4 Å². The Morgan fingerprint density at radius 2 is 1.95 bits per heavy atom. The topological polar surface area (TPSA) is 23.6 Å². The van der Waals surface area contributed by atoms with Crippen molar-refractivity contribution in [2.24, 2.45) is 0 Å². The zero-order valence-corrected chi connectivity index (χ0v) is 13.0. The Labute approximate surface area is 125 Å². The minimum absolute atomic E-state index is 0.127. The molecule has 3 nitrogen and oxygen atoms in total. The highest BCUT2D eigenvalue weighted by Crippen LogP contribution is 2.15. The van der Waals surface area contributed by atoms with Crippen molar-refractivity contribution in [3.63, 3.8) is 0 Å². The van der Waals surface area contributed by atoms with Crippen molar-refractivity contribution in [2.75, 3.05) is 31.9 Å². The summed E-state index contributed by atoms with van der Waals surface area (Å²) in [6.45, 7) is 5.21. The van der Waals surface area contributed by atoms with Crippen LogP contribution in [0.4, 0.5) is 0 Å². The summed E-state index contributed by atoms with van der Waals surface area (Å²) in [6.07, 6.45) is 0.946. The first kappa shape index (κ1) is 14.8. The Hall–Kier alpha value is -0.650. The van der Waals surface area contributed by atoms with E-state index in [4.69, 9.17) is 0 Å². The fourth-order valence-electron chi connectivity index (χ4n) is 2.31. The normalized spacial score (nSPS) is 16.7. The number of rotatable bonds is 3. The third-order valence-electron chi connectivity index (χ3n) is 3.51. The van der Waals surface area contributed by atoms with Gasteiger partial charge in [0.15, 0.2) is 0 Å². The van der Waals surface area contributed by atoms with E-state index in [0.717, 1.165) is 43.9 Å². The van der Waals surface area contributed by atoms with E-state index in [9.17, 15) is 4.79 Å². The van der Waals surface area contributed by atoms with Gasteiger partial charge in [0.2, 0.25) is 0 Å². The maximum Gasteiger partial charge on any atom is 0.253 e. The van der Waals surface area contributed by atoms with Crippen LogP contribution in [-0.2, 0) is 6.42 Å². The van der Waals surface area contributed by atoms with Crippen LogP contribution in [0.5, 0.6) is 0 Å². The predicted molar refractivity (Wildman–Crippen MR) is 85.2 cm³/mol. The number of aryl methyl sites for hydroxylation is 2. The van der Waals surface area contributed by atoms with E-state index < -0.39 is 0 Å². The number of amides is 1. The summed E-state index contributed by atoms with van der Waals surface area (Å²) in [6, 6.07) is 5.98. The van der Waals surface area contributed by atoms with Gasteiger partial charge in [-0.1, -0.05) is 18.9 Å². The Balaban J connectivity index is 2.09. The third-order valence-corrected chi connectivity index (χ3v) is 4.14. The van der Waals surface area contributed by atoms with Crippen molar-refractivity contribution in [2.45, 2.75) is 13.3 Å². The molecule has 0 atom stereocenters. The molecule has 0 N–H and O–H groups in total. The molecule has 104 valence electrons. The smallest absolute Gasteiger partial charge is 0.253 e. The van der Waals surface area contributed by atoms with Gasteiger partial charge in [-0.05, 0) is 42.4 Å². The number of piperazine rings is 1. The van der Waals surface area contributed by atoms with Gasteiger partial charge in [-0.3, -0.25) is 4.79 Å². The summed E-state index contributed by atoms with van der Waals surface area (Å²) in [4.78, 5) is 14.3. The molecular weight excluding hydrogens is 276 g/mol. The summed E-state index contributed by atoms with van der Waals surface area (Å²) in [5, 5.41) is 0. The lowest BCUT2D eigenvalue weighted by molar-refractivity contribution is 0.0705. The van der Waals surface area contributed by atoms with Crippen LogP contribution in [0.2, 0.25) is 0 Å². The van der Waals surface area contributed by atoms with Crippen LogP contribution >= 0.6 is 25.4 Å². The van der Waals surface area contributed by atoms with E-state index in [-0.39, 0.29) is 5.91 Å². The third kappa shape index (κ3) is 3.68. The zero-order valence-electron chi connectivity index (χ0n) is 11.2. The van der Waals surface area contributed by atoms with E-state index in [2.05, 4.69) is 32.4 Å². The maximum atomic E-state index is 12.4. The molecule has 0 radical (unpaired) electrons. The quantitative estimate of drug-likeness (QED) is 0.834. The van der Waals surface area contributed by atoms with E-state index in [1.54, 1.807) is 0 Å². The van der Waals surface area contributed by atoms with Gasteiger partial charge in [0.05, 0.1) is 0 Å². The molecular formula is C14H20N2OS2.